The van der Waals surface area contributed by atoms with Gasteiger partial charge in [0.15, 0.2) is 0 Å². The summed E-state index contributed by atoms with van der Waals surface area (Å²) in [6, 6.07) is 4.71. The van der Waals surface area contributed by atoms with Gasteiger partial charge in [0.2, 0.25) is 15.9 Å². The van der Waals surface area contributed by atoms with Gasteiger partial charge in [-0.3, -0.25) is 4.79 Å². The standard InChI is InChI=1S/C18H26N2O4S/c1-20(2)25(22,23)17-11-15(6-7-16(17)24-3)19-18(21)10-14-9-12-4-5-13(14)8-12/h6-7,11-14H,4-5,8-10H2,1-3H3,(H,19,21)/t12-,13+,14-/m0/s1. The maximum absolute atomic E-state index is 12.4. The Labute approximate surface area is 149 Å². The normalized spacial score (nSPS) is 25.4. The number of sulfonamides is 1. The first-order valence-corrected chi connectivity index (χ1v) is 10.2. The summed E-state index contributed by atoms with van der Waals surface area (Å²) in [5, 5.41) is 2.85. The highest BCUT2D eigenvalue weighted by Gasteiger charge is 2.40. The van der Waals surface area contributed by atoms with Crippen LogP contribution in [0.2, 0.25) is 0 Å². The van der Waals surface area contributed by atoms with E-state index in [2.05, 4.69) is 5.32 Å². The topological polar surface area (TPSA) is 75.7 Å². The monoisotopic (exact) mass is 366 g/mol. The quantitative estimate of drug-likeness (QED) is 0.840. The molecule has 1 amide bonds. The van der Waals surface area contributed by atoms with E-state index in [1.54, 1.807) is 12.1 Å². The van der Waals surface area contributed by atoms with Crippen LogP contribution in [0.5, 0.6) is 5.75 Å². The molecule has 0 radical (unpaired) electrons. The van der Waals surface area contributed by atoms with Gasteiger partial charge in [0, 0.05) is 26.2 Å². The van der Waals surface area contributed by atoms with Gasteiger partial charge in [-0.1, -0.05) is 6.42 Å². The van der Waals surface area contributed by atoms with Gasteiger partial charge in [0.1, 0.15) is 10.6 Å². The highest BCUT2D eigenvalue weighted by Crippen LogP contribution is 2.49. The lowest BCUT2D eigenvalue weighted by atomic mass is 9.86. The fourth-order valence-electron chi connectivity index (χ4n) is 4.23. The summed E-state index contributed by atoms with van der Waals surface area (Å²) in [6.07, 6.45) is 5.50. The van der Waals surface area contributed by atoms with E-state index in [0.717, 1.165) is 16.6 Å². The minimum Gasteiger partial charge on any atom is -0.495 e. The molecule has 2 aliphatic carbocycles. The molecule has 138 valence electrons. The smallest absolute Gasteiger partial charge is 0.246 e. The molecule has 6 nitrogen and oxygen atoms in total. The number of benzene rings is 1. The molecule has 0 heterocycles. The number of carbonyl (C=O) groups excluding carboxylic acids is 1. The zero-order valence-corrected chi connectivity index (χ0v) is 15.8. The first kappa shape index (κ1) is 18.2. The Morgan fingerprint density at radius 3 is 2.60 bits per heavy atom. The highest BCUT2D eigenvalue weighted by atomic mass is 32.2. The number of amides is 1. The number of methoxy groups -OCH3 is 1. The van der Waals surface area contributed by atoms with Crippen molar-refractivity contribution >= 4 is 21.6 Å². The van der Waals surface area contributed by atoms with Crippen LogP contribution in [0.15, 0.2) is 23.1 Å². The molecule has 2 bridgehead atoms. The Morgan fingerprint density at radius 2 is 2.04 bits per heavy atom. The van der Waals surface area contributed by atoms with E-state index >= 15 is 0 Å². The first-order chi connectivity index (χ1) is 11.8. The number of fused-ring (bicyclic) bond motifs is 2. The largest absolute Gasteiger partial charge is 0.495 e. The van der Waals surface area contributed by atoms with Gasteiger partial charge in [-0.15, -0.1) is 0 Å². The third-order valence-corrected chi connectivity index (χ3v) is 7.37. The Bertz CT molecular complexity index is 760. The van der Waals surface area contributed by atoms with Crippen LogP contribution in [-0.2, 0) is 14.8 Å². The van der Waals surface area contributed by atoms with Gasteiger partial charge in [-0.2, -0.15) is 0 Å². The summed E-state index contributed by atoms with van der Waals surface area (Å²) in [5.41, 5.74) is 0.481. The maximum Gasteiger partial charge on any atom is 0.246 e. The number of carbonyl (C=O) groups is 1. The van der Waals surface area contributed by atoms with E-state index in [-0.39, 0.29) is 16.6 Å². The van der Waals surface area contributed by atoms with Crippen molar-refractivity contribution in [1.29, 1.82) is 0 Å². The van der Waals surface area contributed by atoms with Crippen LogP contribution < -0.4 is 10.1 Å². The maximum atomic E-state index is 12.4. The molecule has 2 fully saturated rings. The van der Waals surface area contributed by atoms with Crippen LogP contribution in [0.4, 0.5) is 5.69 Å². The summed E-state index contributed by atoms with van der Waals surface area (Å²) >= 11 is 0. The van der Waals surface area contributed by atoms with Gasteiger partial charge in [0.05, 0.1) is 7.11 Å². The number of anilines is 1. The third-order valence-electron chi connectivity index (χ3n) is 5.54. The minimum atomic E-state index is -3.65. The minimum absolute atomic E-state index is 0.0454. The summed E-state index contributed by atoms with van der Waals surface area (Å²) in [7, 11) is 0.713. The molecular formula is C18H26N2O4S. The van der Waals surface area contributed by atoms with E-state index in [1.165, 1.54) is 46.5 Å². The highest BCUT2D eigenvalue weighted by molar-refractivity contribution is 7.89. The second-order valence-corrected chi connectivity index (χ2v) is 9.46. The second kappa shape index (κ2) is 6.96. The van der Waals surface area contributed by atoms with E-state index in [9.17, 15) is 13.2 Å². The van der Waals surface area contributed by atoms with Crippen LogP contribution in [0.1, 0.15) is 32.1 Å². The van der Waals surface area contributed by atoms with Gasteiger partial charge < -0.3 is 10.1 Å². The van der Waals surface area contributed by atoms with Crippen molar-refractivity contribution in [3.05, 3.63) is 18.2 Å². The summed E-state index contributed by atoms with van der Waals surface area (Å²) in [6.45, 7) is 0. The van der Waals surface area contributed by atoms with E-state index < -0.39 is 10.0 Å². The molecule has 1 N–H and O–H groups in total. The van der Waals surface area contributed by atoms with Crippen molar-refractivity contribution < 1.29 is 17.9 Å². The van der Waals surface area contributed by atoms with Gasteiger partial charge in [-0.05, 0) is 55.2 Å². The molecule has 0 unspecified atom stereocenters. The van der Waals surface area contributed by atoms with Crippen LogP contribution in [0.3, 0.4) is 0 Å². The molecule has 25 heavy (non-hydrogen) atoms. The summed E-state index contributed by atoms with van der Waals surface area (Å²) < 4.78 is 31.2. The van der Waals surface area contributed by atoms with E-state index in [0.29, 0.717) is 23.9 Å². The summed E-state index contributed by atoms with van der Waals surface area (Å²) in [5.74, 6) is 2.19. The molecule has 0 aromatic heterocycles. The lowest BCUT2D eigenvalue weighted by Crippen LogP contribution is -2.23. The van der Waals surface area contributed by atoms with Gasteiger partial charge >= 0.3 is 0 Å². The third kappa shape index (κ3) is 3.67. The Morgan fingerprint density at radius 1 is 1.28 bits per heavy atom. The Kier molecular flexibility index (Phi) is 5.06. The van der Waals surface area contributed by atoms with Gasteiger partial charge in [-0.25, -0.2) is 12.7 Å². The van der Waals surface area contributed by atoms with Crippen molar-refractivity contribution in [3.63, 3.8) is 0 Å². The molecule has 0 aliphatic heterocycles. The number of nitrogens with one attached hydrogen (secondary N) is 1. The summed E-state index contributed by atoms with van der Waals surface area (Å²) in [4.78, 5) is 12.4. The number of hydrogen-bond acceptors (Lipinski definition) is 4. The zero-order valence-electron chi connectivity index (χ0n) is 15.0. The molecule has 3 rings (SSSR count). The van der Waals surface area contributed by atoms with E-state index in [4.69, 9.17) is 4.74 Å². The molecule has 2 aliphatic rings. The lowest BCUT2D eigenvalue weighted by Gasteiger charge is -2.21. The fourth-order valence-corrected chi connectivity index (χ4v) is 5.30. The molecule has 1 aromatic rings. The van der Waals surface area contributed by atoms with Crippen molar-refractivity contribution in [2.75, 3.05) is 26.5 Å². The van der Waals surface area contributed by atoms with Crippen LogP contribution >= 0.6 is 0 Å². The molecule has 0 saturated heterocycles. The van der Waals surface area contributed by atoms with E-state index in [1.807, 2.05) is 0 Å². The number of rotatable bonds is 6. The zero-order chi connectivity index (χ0) is 18.2. The van der Waals surface area contributed by atoms with Gasteiger partial charge in [0.25, 0.3) is 0 Å². The first-order valence-electron chi connectivity index (χ1n) is 8.71. The molecule has 7 heteroatoms. The molecule has 1 aromatic carbocycles. The predicted octanol–water partition coefficient (Wildman–Crippen LogP) is 2.71. The number of nitrogens with zero attached hydrogens (tertiary/aromatic N) is 1. The number of ether oxygens (including phenoxy) is 1. The van der Waals surface area contributed by atoms with Crippen molar-refractivity contribution in [1.82, 2.24) is 4.31 Å². The average Bonchev–Trinajstić information content (AvgIpc) is 3.17. The predicted molar refractivity (Wildman–Crippen MR) is 96.1 cm³/mol. The molecule has 2 saturated carbocycles. The van der Waals surface area contributed by atoms with Crippen molar-refractivity contribution in [3.8, 4) is 5.75 Å². The molecule has 3 atom stereocenters. The lowest BCUT2D eigenvalue weighted by molar-refractivity contribution is -0.117. The number of hydrogen-bond donors (Lipinski definition) is 1. The van der Waals surface area contributed by atoms with Crippen molar-refractivity contribution in [2.24, 2.45) is 17.8 Å². The average molecular weight is 366 g/mol. The van der Waals surface area contributed by atoms with Crippen LogP contribution in [-0.4, -0.2) is 39.8 Å². The molecule has 0 spiro atoms. The van der Waals surface area contributed by atoms with Crippen LogP contribution in [0.25, 0.3) is 0 Å². The van der Waals surface area contributed by atoms with Crippen molar-refractivity contribution in [2.45, 2.75) is 37.0 Å². The second-order valence-electron chi connectivity index (χ2n) is 7.34. The Hall–Kier alpha value is -1.60. The molecular weight excluding hydrogens is 340 g/mol. The van der Waals surface area contributed by atoms with Crippen LogP contribution in [0, 0.1) is 17.8 Å². The SMILES string of the molecule is COc1ccc(NC(=O)C[C@@H]2C[C@H]3CC[C@@H]2C3)cc1S(=O)(=O)N(C)C. The Balaban J connectivity index is 1.73. The fraction of sp³-hybridized carbons (Fsp3) is 0.611.